The first-order chi connectivity index (χ1) is 15.6. The van der Waals surface area contributed by atoms with Crippen molar-refractivity contribution in [2.45, 2.75) is 13.2 Å². The lowest BCUT2D eigenvalue weighted by Gasteiger charge is -2.08. The molecule has 32 heavy (non-hydrogen) atoms. The second-order valence-corrected chi connectivity index (χ2v) is 7.87. The molecule has 4 rings (SSSR count). The first kappa shape index (κ1) is 21.5. The zero-order valence-electron chi connectivity index (χ0n) is 17.4. The van der Waals surface area contributed by atoms with Crippen LogP contribution in [-0.2, 0) is 13.2 Å². The largest absolute Gasteiger partial charge is 0.497 e. The topological polar surface area (TPSA) is 60.5 Å². The fourth-order valence-electron chi connectivity index (χ4n) is 3.03. The van der Waals surface area contributed by atoms with E-state index in [1.165, 1.54) is 23.5 Å². The van der Waals surface area contributed by atoms with Crippen LogP contribution < -0.4 is 14.8 Å². The molecule has 7 heteroatoms. The Balaban J connectivity index is 1.38. The minimum Gasteiger partial charge on any atom is -0.497 e. The van der Waals surface area contributed by atoms with Crippen LogP contribution in [0.15, 0.2) is 78.2 Å². The molecule has 0 unspecified atom stereocenters. The van der Waals surface area contributed by atoms with E-state index < -0.39 is 0 Å². The number of methoxy groups -OCH3 is 1. The van der Waals surface area contributed by atoms with Crippen LogP contribution in [0.25, 0.3) is 10.6 Å². The van der Waals surface area contributed by atoms with Gasteiger partial charge in [0.05, 0.1) is 7.11 Å². The second kappa shape index (κ2) is 10.1. The molecule has 0 saturated heterocycles. The molecule has 1 N–H and O–H groups in total. The summed E-state index contributed by atoms with van der Waals surface area (Å²) in [5, 5.41) is 5.25. The van der Waals surface area contributed by atoms with E-state index in [-0.39, 0.29) is 11.7 Å². The van der Waals surface area contributed by atoms with E-state index in [9.17, 15) is 9.18 Å². The molecule has 0 spiro atoms. The molecule has 1 heterocycles. The first-order valence-corrected chi connectivity index (χ1v) is 10.8. The number of hydrogen-bond acceptors (Lipinski definition) is 5. The van der Waals surface area contributed by atoms with Crippen molar-refractivity contribution in [3.63, 3.8) is 0 Å². The van der Waals surface area contributed by atoms with Crippen molar-refractivity contribution in [2.75, 3.05) is 7.11 Å². The number of amides is 1. The number of ether oxygens (including phenoxy) is 2. The van der Waals surface area contributed by atoms with E-state index in [0.717, 1.165) is 27.4 Å². The third kappa shape index (κ3) is 5.50. The lowest BCUT2D eigenvalue weighted by atomic mass is 10.2. The number of rotatable bonds is 8. The molecular weight excluding hydrogens is 427 g/mol. The van der Waals surface area contributed by atoms with Crippen LogP contribution in [-0.4, -0.2) is 18.0 Å². The average Bonchev–Trinajstić information content (AvgIpc) is 3.33. The maximum absolute atomic E-state index is 13.0. The number of carbonyl (C=O) groups is 1. The number of nitrogens with zero attached hydrogens (tertiary/aromatic N) is 1. The van der Waals surface area contributed by atoms with Crippen LogP contribution in [0.2, 0.25) is 0 Å². The van der Waals surface area contributed by atoms with E-state index in [1.54, 1.807) is 24.6 Å². The third-order valence-electron chi connectivity index (χ3n) is 4.72. The number of nitrogens with one attached hydrogen (secondary N) is 1. The lowest BCUT2D eigenvalue weighted by molar-refractivity contribution is 0.0946. The fraction of sp³-hybridized carbons (Fsp3) is 0.120. The molecule has 0 atom stereocenters. The van der Waals surface area contributed by atoms with Gasteiger partial charge in [-0.2, -0.15) is 0 Å². The molecule has 0 radical (unpaired) electrons. The Kier molecular flexibility index (Phi) is 6.77. The monoisotopic (exact) mass is 448 g/mol. The zero-order chi connectivity index (χ0) is 22.3. The van der Waals surface area contributed by atoms with Crippen LogP contribution in [0, 0.1) is 5.82 Å². The smallest absolute Gasteiger partial charge is 0.271 e. The Morgan fingerprint density at radius 2 is 1.78 bits per heavy atom. The van der Waals surface area contributed by atoms with Crippen LogP contribution >= 0.6 is 11.3 Å². The molecule has 4 aromatic rings. The van der Waals surface area contributed by atoms with Crippen molar-refractivity contribution in [1.29, 1.82) is 0 Å². The molecule has 3 aromatic carbocycles. The molecule has 162 valence electrons. The van der Waals surface area contributed by atoms with Crippen LogP contribution in [0.3, 0.4) is 0 Å². The summed E-state index contributed by atoms with van der Waals surface area (Å²) in [5.41, 5.74) is 3.03. The Morgan fingerprint density at radius 3 is 2.59 bits per heavy atom. The summed E-state index contributed by atoms with van der Waals surface area (Å²) in [6, 6.07) is 21.3. The Bertz CT molecular complexity index is 1210. The van der Waals surface area contributed by atoms with E-state index in [0.29, 0.717) is 24.6 Å². The molecule has 5 nitrogen and oxygen atoms in total. The van der Waals surface area contributed by atoms with Gasteiger partial charge in [0.2, 0.25) is 0 Å². The van der Waals surface area contributed by atoms with Crippen molar-refractivity contribution < 1.29 is 18.7 Å². The maximum Gasteiger partial charge on any atom is 0.271 e. The number of thiazole rings is 1. The normalized spacial score (nSPS) is 10.6. The van der Waals surface area contributed by atoms with Gasteiger partial charge in [-0.15, -0.1) is 11.3 Å². The quantitative estimate of drug-likeness (QED) is 0.389. The predicted molar refractivity (Wildman–Crippen MR) is 122 cm³/mol. The Hall–Kier alpha value is -3.71. The number of benzene rings is 3. The predicted octanol–water partition coefficient (Wildman–Crippen LogP) is 5.47. The molecule has 0 aliphatic rings. The fourth-order valence-corrected chi connectivity index (χ4v) is 3.83. The average molecular weight is 449 g/mol. The van der Waals surface area contributed by atoms with Gasteiger partial charge in [0.1, 0.15) is 34.6 Å². The van der Waals surface area contributed by atoms with Gasteiger partial charge in [0.25, 0.3) is 5.91 Å². The van der Waals surface area contributed by atoms with Crippen molar-refractivity contribution in [2.24, 2.45) is 0 Å². The Labute approximate surface area is 189 Å². The van der Waals surface area contributed by atoms with Gasteiger partial charge < -0.3 is 14.8 Å². The zero-order valence-corrected chi connectivity index (χ0v) is 18.2. The van der Waals surface area contributed by atoms with Crippen molar-refractivity contribution in [1.82, 2.24) is 10.3 Å². The van der Waals surface area contributed by atoms with Gasteiger partial charge in [-0.1, -0.05) is 36.4 Å². The van der Waals surface area contributed by atoms with E-state index >= 15 is 0 Å². The summed E-state index contributed by atoms with van der Waals surface area (Å²) < 4.78 is 24.2. The number of carbonyl (C=O) groups excluding carboxylic acids is 1. The van der Waals surface area contributed by atoms with Gasteiger partial charge >= 0.3 is 0 Å². The molecule has 0 bridgehead atoms. The molecule has 0 aliphatic carbocycles. The van der Waals surface area contributed by atoms with Gasteiger partial charge in [-0.3, -0.25) is 4.79 Å². The lowest BCUT2D eigenvalue weighted by Crippen LogP contribution is -2.23. The summed E-state index contributed by atoms with van der Waals surface area (Å²) in [7, 11) is 1.63. The van der Waals surface area contributed by atoms with Gasteiger partial charge in [0.15, 0.2) is 0 Å². The van der Waals surface area contributed by atoms with Gasteiger partial charge in [0, 0.05) is 17.5 Å². The maximum atomic E-state index is 13.0. The van der Waals surface area contributed by atoms with E-state index in [4.69, 9.17) is 9.47 Å². The van der Waals surface area contributed by atoms with Crippen molar-refractivity contribution in [3.8, 4) is 22.1 Å². The van der Waals surface area contributed by atoms with Crippen LogP contribution in [0.1, 0.15) is 21.6 Å². The van der Waals surface area contributed by atoms with Crippen LogP contribution in [0.5, 0.6) is 11.5 Å². The van der Waals surface area contributed by atoms with E-state index in [2.05, 4.69) is 10.3 Å². The number of aromatic nitrogens is 1. The second-order valence-electron chi connectivity index (χ2n) is 7.02. The summed E-state index contributed by atoms with van der Waals surface area (Å²) in [5.74, 6) is 0.914. The Morgan fingerprint density at radius 1 is 1.00 bits per heavy atom. The summed E-state index contributed by atoms with van der Waals surface area (Å²) in [4.78, 5) is 16.9. The standard InChI is InChI=1S/C25H21FN2O3S/c1-30-21-6-2-4-18(12-21)15-31-22-7-3-5-19(13-22)25-28-23(16-32-25)24(29)27-14-17-8-10-20(26)11-9-17/h2-13,16H,14-15H2,1H3,(H,27,29). The van der Waals surface area contributed by atoms with Gasteiger partial charge in [-0.25, -0.2) is 9.37 Å². The third-order valence-corrected chi connectivity index (χ3v) is 5.62. The van der Waals surface area contributed by atoms with Crippen LogP contribution in [0.4, 0.5) is 4.39 Å². The molecule has 0 fully saturated rings. The highest BCUT2D eigenvalue weighted by atomic mass is 32.1. The number of hydrogen-bond donors (Lipinski definition) is 1. The summed E-state index contributed by atoms with van der Waals surface area (Å²) in [6.07, 6.45) is 0. The summed E-state index contributed by atoms with van der Waals surface area (Å²) in [6.45, 7) is 0.717. The highest BCUT2D eigenvalue weighted by Crippen LogP contribution is 2.27. The van der Waals surface area contributed by atoms with Gasteiger partial charge in [-0.05, 0) is 47.5 Å². The molecule has 1 amide bonds. The molecule has 0 saturated carbocycles. The minimum atomic E-state index is -0.307. The molecule has 1 aromatic heterocycles. The molecular formula is C25H21FN2O3S. The highest BCUT2D eigenvalue weighted by Gasteiger charge is 2.12. The SMILES string of the molecule is COc1cccc(COc2cccc(-c3nc(C(=O)NCc4ccc(F)cc4)cs3)c2)c1. The van der Waals surface area contributed by atoms with Crippen molar-refractivity contribution >= 4 is 17.2 Å². The minimum absolute atomic E-state index is 0.276. The number of halogens is 1. The molecule has 0 aliphatic heterocycles. The highest BCUT2D eigenvalue weighted by molar-refractivity contribution is 7.13. The summed E-state index contributed by atoms with van der Waals surface area (Å²) >= 11 is 1.39. The van der Waals surface area contributed by atoms with E-state index in [1.807, 2.05) is 48.5 Å². The van der Waals surface area contributed by atoms with Crippen molar-refractivity contribution in [3.05, 3.63) is 101 Å². The first-order valence-electron chi connectivity index (χ1n) is 9.95.